The zero-order valence-electron chi connectivity index (χ0n) is 16.0. The predicted molar refractivity (Wildman–Crippen MR) is 105 cm³/mol. The Hall–Kier alpha value is -1.57. The van der Waals surface area contributed by atoms with Gasteiger partial charge in [0.1, 0.15) is 5.75 Å². The highest BCUT2D eigenvalue weighted by Crippen LogP contribution is 2.34. The Morgan fingerprint density at radius 1 is 1.20 bits per heavy atom. The lowest BCUT2D eigenvalue weighted by atomic mass is 9.79. The standard InChI is InChI=1S/C23H34O2/c1-3-5-7-10-19-13-15-21(16-14-19)20(4-2)17-18-23(24)25-22-11-8-6-9-12-22/h6,8-9,11-12,15,19-20H,3-5,7,10,13-14,16-18H2,1-2H3. The van der Waals surface area contributed by atoms with Crippen LogP contribution in [0, 0.1) is 11.8 Å². The quantitative estimate of drug-likeness (QED) is 0.204. The van der Waals surface area contributed by atoms with Crippen LogP contribution in [0.1, 0.15) is 78.1 Å². The third kappa shape index (κ3) is 7.05. The molecule has 2 unspecified atom stereocenters. The number of carbonyl (C=O) groups excluding carboxylic acids is 1. The molecule has 1 aromatic carbocycles. The first kappa shape index (κ1) is 19.8. The molecular formula is C23H34O2. The minimum absolute atomic E-state index is 0.112. The summed E-state index contributed by atoms with van der Waals surface area (Å²) in [7, 11) is 0. The van der Waals surface area contributed by atoms with Gasteiger partial charge in [0, 0.05) is 6.42 Å². The molecule has 1 aromatic rings. The summed E-state index contributed by atoms with van der Waals surface area (Å²) in [6.07, 6.45) is 14.3. The van der Waals surface area contributed by atoms with E-state index in [1.54, 1.807) is 5.57 Å². The molecular weight excluding hydrogens is 308 g/mol. The average molecular weight is 343 g/mol. The van der Waals surface area contributed by atoms with E-state index in [9.17, 15) is 4.79 Å². The van der Waals surface area contributed by atoms with Crippen molar-refractivity contribution in [2.24, 2.45) is 11.8 Å². The highest BCUT2D eigenvalue weighted by Gasteiger charge is 2.20. The van der Waals surface area contributed by atoms with Gasteiger partial charge in [-0.25, -0.2) is 0 Å². The van der Waals surface area contributed by atoms with Crippen molar-refractivity contribution >= 4 is 5.97 Å². The van der Waals surface area contributed by atoms with Crippen LogP contribution in [-0.4, -0.2) is 5.97 Å². The molecule has 0 fully saturated rings. The van der Waals surface area contributed by atoms with Gasteiger partial charge < -0.3 is 4.74 Å². The van der Waals surface area contributed by atoms with Gasteiger partial charge in [-0.05, 0) is 56.1 Å². The molecule has 25 heavy (non-hydrogen) atoms. The largest absolute Gasteiger partial charge is 0.427 e. The Bertz CT molecular complexity index is 532. The van der Waals surface area contributed by atoms with Crippen LogP contribution in [0.3, 0.4) is 0 Å². The number of para-hydroxylation sites is 1. The summed E-state index contributed by atoms with van der Waals surface area (Å²) in [6.45, 7) is 4.51. The van der Waals surface area contributed by atoms with Crippen LogP contribution in [-0.2, 0) is 4.79 Å². The first-order valence-corrected chi connectivity index (χ1v) is 10.2. The van der Waals surface area contributed by atoms with E-state index in [-0.39, 0.29) is 5.97 Å². The molecule has 0 bridgehead atoms. The number of hydrogen-bond donors (Lipinski definition) is 0. The zero-order chi connectivity index (χ0) is 17.9. The fraction of sp³-hybridized carbons (Fsp3) is 0.609. The van der Waals surface area contributed by atoms with E-state index in [1.165, 1.54) is 44.9 Å². The van der Waals surface area contributed by atoms with Crippen LogP contribution in [0.2, 0.25) is 0 Å². The van der Waals surface area contributed by atoms with Crippen LogP contribution >= 0.6 is 0 Å². The van der Waals surface area contributed by atoms with E-state index in [0.717, 1.165) is 18.8 Å². The fourth-order valence-electron chi connectivity index (χ4n) is 3.84. The number of carbonyl (C=O) groups is 1. The molecule has 138 valence electrons. The SMILES string of the molecule is CCCCCC1CC=C(C(CC)CCC(=O)Oc2ccccc2)CC1. The Labute approximate surface area is 153 Å². The summed E-state index contributed by atoms with van der Waals surface area (Å²) >= 11 is 0. The van der Waals surface area contributed by atoms with Crippen LogP contribution < -0.4 is 4.74 Å². The van der Waals surface area contributed by atoms with E-state index < -0.39 is 0 Å². The second kappa shape index (κ2) is 11.1. The molecule has 0 amide bonds. The van der Waals surface area contributed by atoms with Gasteiger partial charge in [-0.2, -0.15) is 0 Å². The summed E-state index contributed by atoms with van der Waals surface area (Å²) in [5, 5.41) is 0. The Morgan fingerprint density at radius 3 is 2.64 bits per heavy atom. The molecule has 1 aliphatic rings. The molecule has 0 aliphatic heterocycles. The maximum atomic E-state index is 12.1. The Balaban J connectivity index is 1.75. The molecule has 2 nitrogen and oxygen atoms in total. The lowest BCUT2D eigenvalue weighted by molar-refractivity contribution is -0.134. The first-order chi connectivity index (χ1) is 12.2. The van der Waals surface area contributed by atoms with Gasteiger partial charge in [-0.15, -0.1) is 0 Å². The number of allylic oxidation sites excluding steroid dienone is 2. The predicted octanol–water partition coefficient (Wildman–Crippen LogP) is 6.71. The Kier molecular flexibility index (Phi) is 8.79. The summed E-state index contributed by atoms with van der Waals surface area (Å²) < 4.78 is 5.41. The van der Waals surface area contributed by atoms with E-state index in [2.05, 4.69) is 19.9 Å². The van der Waals surface area contributed by atoms with Crippen molar-refractivity contribution in [1.29, 1.82) is 0 Å². The molecule has 0 aromatic heterocycles. The monoisotopic (exact) mass is 342 g/mol. The van der Waals surface area contributed by atoms with Crippen molar-refractivity contribution in [2.75, 3.05) is 0 Å². The van der Waals surface area contributed by atoms with Crippen molar-refractivity contribution in [1.82, 2.24) is 0 Å². The third-order valence-electron chi connectivity index (χ3n) is 5.46. The molecule has 0 spiro atoms. The van der Waals surface area contributed by atoms with Crippen LogP contribution in [0.25, 0.3) is 0 Å². The van der Waals surface area contributed by atoms with Crippen molar-refractivity contribution in [3.8, 4) is 5.75 Å². The van der Waals surface area contributed by atoms with Gasteiger partial charge >= 0.3 is 5.97 Å². The van der Waals surface area contributed by atoms with E-state index in [4.69, 9.17) is 4.74 Å². The van der Waals surface area contributed by atoms with Gasteiger partial charge in [-0.1, -0.05) is 69.4 Å². The van der Waals surface area contributed by atoms with E-state index in [1.807, 2.05) is 30.3 Å². The molecule has 2 atom stereocenters. The molecule has 0 saturated carbocycles. The lowest BCUT2D eigenvalue weighted by Gasteiger charge is -2.26. The minimum Gasteiger partial charge on any atom is -0.427 e. The van der Waals surface area contributed by atoms with Crippen molar-refractivity contribution in [3.05, 3.63) is 42.0 Å². The number of benzene rings is 1. The summed E-state index contributed by atoms with van der Waals surface area (Å²) in [4.78, 5) is 12.1. The number of esters is 1. The zero-order valence-corrected chi connectivity index (χ0v) is 16.0. The average Bonchev–Trinajstić information content (AvgIpc) is 2.64. The van der Waals surface area contributed by atoms with Gasteiger partial charge in [0.25, 0.3) is 0 Å². The van der Waals surface area contributed by atoms with Crippen molar-refractivity contribution in [2.45, 2.75) is 78.1 Å². The number of ether oxygens (including phenoxy) is 1. The lowest BCUT2D eigenvalue weighted by Crippen LogP contribution is -2.15. The van der Waals surface area contributed by atoms with E-state index in [0.29, 0.717) is 18.1 Å². The molecule has 2 rings (SSSR count). The smallest absolute Gasteiger partial charge is 0.311 e. The van der Waals surface area contributed by atoms with Gasteiger partial charge in [-0.3, -0.25) is 4.79 Å². The van der Waals surface area contributed by atoms with Gasteiger partial charge in [0.05, 0.1) is 0 Å². The van der Waals surface area contributed by atoms with Gasteiger partial charge in [0.2, 0.25) is 0 Å². The maximum Gasteiger partial charge on any atom is 0.311 e. The van der Waals surface area contributed by atoms with E-state index >= 15 is 0 Å². The number of unbranched alkanes of at least 4 members (excludes halogenated alkanes) is 2. The second-order valence-corrected chi connectivity index (χ2v) is 7.35. The summed E-state index contributed by atoms with van der Waals surface area (Å²) in [5.74, 6) is 1.96. The molecule has 0 N–H and O–H groups in total. The highest BCUT2D eigenvalue weighted by atomic mass is 16.5. The van der Waals surface area contributed by atoms with Crippen LogP contribution in [0.4, 0.5) is 0 Å². The summed E-state index contributed by atoms with van der Waals surface area (Å²) in [6, 6.07) is 9.37. The summed E-state index contributed by atoms with van der Waals surface area (Å²) in [5.41, 5.74) is 1.58. The van der Waals surface area contributed by atoms with Crippen molar-refractivity contribution < 1.29 is 9.53 Å². The number of rotatable bonds is 10. The van der Waals surface area contributed by atoms with Crippen LogP contribution in [0.5, 0.6) is 5.75 Å². The number of hydrogen-bond acceptors (Lipinski definition) is 2. The fourth-order valence-corrected chi connectivity index (χ4v) is 3.84. The Morgan fingerprint density at radius 2 is 2.00 bits per heavy atom. The molecule has 0 heterocycles. The van der Waals surface area contributed by atoms with Crippen molar-refractivity contribution in [3.63, 3.8) is 0 Å². The minimum atomic E-state index is -0.112. The topological polar surface area (TPSA) is 26.3 Å². The third-order valence-corrected chi connectivity index (χ3v) is 5.46. The first-order valence-electron chi connectivity index (χ1n) is 10.2. The maximum absolute atomic E-state index is 12.1. The second-order valence-electron chi connectivity index (χ2n) is 7.35. The van der Waals surface area contributed by atoms with Gasteiger partial charge in [0.15, 0.2) is 0 Å². The molecule has 1 aliphatic carbocycles. The molecule has 0 radical (unpaired) electrons. The molecule has 2 heteroatoms. The van der Waals surface area contributed by atoms with Crippen LogP contribution in [0.15, 0.2) is 42.0 Å². The normalized spacial score (nSPS) is 18.5. The highest BCUT2D eigenvalue weighted by molar-refractivity contribution is 5.72. The molecule has 0 saturated heterocycles.